The first kappa shape index (κ1) is 36.7. The molecular formula is C58H38N4. The highest BCUT2D eigenvalue weighted by atomic mass is 15.0. The third kappa shape index (κ3) is 7.10. The second-order valence-electron chi connectivity index (χ2n) is 15.4. The summed E-state index contributed by atoms with van der Waals surface area (Å²) in [7, 11) is 0. The highest BCUT2D eigenvalue weighted by Gasteiger charge is 2.18. The molecule has 0 amide bonds. The lowest BCUT2D eigenvalue weighted by Crippen LogP contribution is -2.00. The van der Waals surface area contributed by atoms with Crippen LogP contribution in [-0.2, 0) is 0 Å². The van der Waals surface area contributed by atoms with Crippen LogP contribution in [0.5, 0.6) is 0 Å². The van der Waals surface area contributed by atoms with Crippen LogP contribution in [0.4, 0.5) is 0 Å². The van der Waals surface area contributed by atoms with Gasteiger partial charge in [0.1, 0.15) is 0 Å². The molecule has 4 nitrogen and oxygen atoms in total. The molecule has 9 aromatic carbocycles. The zero-order valence-corrected chi connectivity index (χ0v) is 33.7. The Kier molecular flexibility index (Phi) is 9.49. The molecule has 0 fully saturated rings. The Morgan fingerprint density at radius 1 is 0.226 bits per heavy atom. The number of benzene rings is 9. The zero-order chi connectivity index (χ0) is 41.2. The molecule has 0 N–H and O–H groups in total. The first-order chi connectivity index (χ1) is 30.7. The van der Waals surface area contributed by atoms with Crippen LogP contribution in [-0.4, -0.2) is 19.9 Å². The van der Waals surface area contributed by atoms with Crippen LogP contribution in [0.15, 0.2) is 231 Å². The summed E-state index contributed by atoms with van der Waals surface area (Å²) < 4.78 is 0. The van der Waals surface area contributed by atoms with E-state index >= 15 is 0 Å². The van der Waals surface area contributed by atoms with Gasteiger partial charge in [0, 0.05) is 38.4 Å². The molecule has 4 heteroatoms. The molecule has 11 aromatic rings. The monoisotopic (exact) mass is 790 g/mol. The van der Waals surface area contributed by atoms with Gasteiger partial charge in [-0.25, -0.2) is 19.9 Å². The van der Waals surface area contributed by atoms with Crippen molar-refractivity contribution in [1.82, 2.24) is 19.9 Å². The molecule has 62 heavy (non-hydrogen) atoms. The van der Waals surface area contributed by atoms with Gasteiger partial charge >= 0.3 is 0 Å². The smallest absolute Gasteiger partial charge is 0.164 e. The fraction of sp³-hybridized carbons (Fsp3) is 0. The van der Waals surface area contributed by atoms with E-state index in [-0.39, 0.29) is 0 Å². The van der Waals surface area contributed by atoms with Crippen LogP contribution in [0.2, 0.25) is 0 Å². The zero-order valence-electron chi connectivity index (χ0n) is 33.7. The minimum Gasteiger partial charge on any atom is -0.247 e. The van der Waals surface area contributed by atoms with Crippen LogP contribution < -0.4 is 0 Å². The Balaban J connectivity index is 1.08. The van der Waals surface area contributed by atoms with Crippen LogP contribution in [0, 0.1) is 0 Å². The average molecular weight is 791 g/mol. The minimum atomic E-state index is 0.605. The molecule has 11 rings (SSSR count). The van der Waals surface area contributed by atoms with Gasteiger partial charge in [-0.2, -0.15) is 0 Å². The summed E-state index contributed by atoms with van der Waals surface area (Å²) in [5.74, 6) is 1.84. The number of nitrogens with zero attached hydrogens (tertiary/aromatic N) is 4. The predicted molar refractivity (Wildman–Crippen MR) is 256 cm³/mol. The number of fused-ring (bicyclic) bond motifs is 3. The number of pyridine rings is 1. The van der Waals surface area contributed by atoms with Gasteiger partial charge < -0.3 is 0 Å². The van der Waals surface area contributed by atoms with Gasteiger partial charge in [-0.1, -0.05) is 194 Å². The quantitative estimate of drug-likeness (QED) is 0.144. The highest BCUT2D eigenvalue weighted by Crippen LogP contribution is 2.40. The fourth-order valence-corrected chi connectivity index (χ4v) is 8.45. The second kappa shape index (κ2) is 16.0. The van der Waals surface area contributed by atoms with E-state index in [4.69, 9.17) is 19.9 Å². The maximum atomic E-state index is 5.31. The molecule has 0 radical (unpaired) electrons. The van der Waals surface area contributed by atoms with Crippen molar-refractivity contribution in [3.63, 3.8) is 0 Å². The molecule has 0 spiro atoms. The van der Waals surface area contributed by atoms with Gasteiger partial charge in [0.05, 0.1) is 11.2 Å². The summed E-state index contributed by atoms with van der Waals surface area (Å²) in [6, 6.07) is 80.6. The van der Waals surface area contributed by atoms with Crippen molar-refractivity contribution in [2.75, 3.05) is 0 Å². The van der Waals surface area contributed by atoms with E-state index < -0.39 is 0 Å². The predicted octanol–water partition coefficient (Wildman–Crippen LogP) is 14.9. The van der Waals surface area contributed by atoms with E-state index in [0.29, 0.717) is 17.5 Å². The van der Waals surface area contributed by atoms with E-state index in [0.717, 1.165) is 77.6 Å². The Morgan fingerprint density at radius 2 is 0.661 bits per heavy atom. The Labute approximate surface area is 360 Å². The molecule has 0 saturated heterocycles. The lowest BCUT2D eigenvalue weighted by atomic mass is 9.91. The van der Waals surface area contributed by atoms with Crippen molar-refractivity contribution < 1.29 is 0 Å². The lowest BCUT2D eigenvalue weighted by Gasteiger charge is -2.15. The Hall–Kier alpha value is -8.34. The molecule has 0 aliphatic rings. The van der Waals surface area contributed by atoms with Crippen molar-refractivity contribution in [3.8, 4) is 89.9 Å². The number of hydrogen-bond acceptors (Lipinski definition) is 4. The van der Waals surface area contributed by atoms with Gasteiger partial charge in [0.25, 0.3) is 0 Å². The molecular weight excluding hydrogens is 753 g/mol. The topological polar surface area (TPSA) is 51.6 Å². The van der Waals surface area contributed by atoms with Crippen LogP contribution in [0.25, 0.3) is 112 Å². The summed E-state index contributed by atoms with van der Waals surface area (Å²) in [5, 5.41) is 3.40. The van der Waals surface area contributed by atoms with Crippen molar-refractivity contribution >= 4 is 21.7 Å². The van der Waals surface area contributed by atoms with Crippen molar-refractivity contribution in [3.05, 3.63) is 231 Å². The lowest BCUT2D eigenvalue weighted by molar-refractivity contribution is 1.07. The van der Waals surface area contributed by atoms with E-state index in [1.165, 1.54) is 16.5 Å². The third-order valence-electron chi connectivity index (χ3n) is 11.5. The van der Waals surface area contributed by atoms with Crippen LogP contribution >= 0.6 is 0 Å². The summed E-state index contributed by atoms with van der Waals surface area (Å²) in [4.78, 5) is 20.8. The third-order valence-corrected chi connectivity index (χ3v) is 11.5. The molecule has 2 heterocycles. The van der Waals surface area contributed by atoms with E-state index in [1.807, 2.05) is 36.4 Å². The molecule has 290 valence electrons. The van der Waals surface area contributed by atoms with Gasteiger partial charge in [-0.3, -0.25) is 0 Å². The molecule has 0 saturated carbocycles. The first-order valence-corrected chi connectivity index (χ1v) is 20.9. The number of rotatable bonds is 8. The van der Waals surface area contributed by atoms with Crippen LogP contribution in [0.1, 0.15) is 0 Å². The van der Waals surface area contributed by atoms with E-state index in [1.54, 1.807) is 0 Å². The maximum absolute atomic E-state index is 5.31. The minimum absolute atomic E-state index is 0.605. The summed E-state index contributed by atoms with van der Waals surface area (Å²) in [6.45, 7) is 0. The Bertz CT molecular complexity index is 3310. The molecule has 2 aromatic heterocycles. The molecule has 0 aliphatic carbocycles. The average Bonchev–Trinajstić information content (AvgIpc) is 3.37. The van der Waals surface area contributed by atoms with E-state index in [9.17, 15) is 0 Å². The maximum Gasteiger partial charge on any atom is 0.164 e. The van der Waals surface area contributed by atoms with Gasteiger partial charge in [-0.15, -0.1) is 0 Å². The van der Waals surface area contributed by atoms with E-state index in [2.05, 4.69) is 194 Å². The van der Waals surface area contributed by atoms with Crippen molar-refractivity contribution in [2.45, 2.75) is 0 Å². The SMILES string of the molecule is c1ccc(-c2cc(-c3ccccc3)cc(-c3nc(-c4ccccc4)nc(-c4cccc(-c5ccc6nc(-c7ccccc7)c7cccc(-c8ccccc8)c7c6c5)c4)n3)c2)cc1. The number of hydrogen-bond donors (Lipinski definition) is 0. The summed E-state index contributed by atoms with van der Waals surface area (Å²) >= 11 is 0. The second-order valence-corrected chi connectivity index (χ2v) is 15.4. The number of aromatic nitrogens is 4. The standard InChI is InChI=1S/C58H38N4/c1-6-18-39(19-7-1)47-35-48(40-20-8-2-9-21-40)37-49(36-47)58-61-56(43-26-14-5-15-27-43)60-57(62-58)46-29-16-28-44(34-46)45-32-33-53-52(38-45)54-50(41-22-10-3-11-23-41)30-17-31-51(54)55(59-53)42-24-12-4-13-25-42/h1-38H. The van der Waals surface area contributed by atoms with Crippen LogP contribution in [0.3, 0.4) is 0 Å². The highest BCUT2D eigenvalue weighted by molar-refractivity contribution is 6.17. The molecule has 0 aliphatic heterocycles. The summed E-state index contributed by atoms with van der Waals surface area (Å²) in [5.41, 5.74) is 14.7. The first-order valence-electron chi connectivity index (χ1n) is 20.9. The Morgan fingerprint density at radius 3 is 1.27 bits per heavy atom. The van der Waals surface area contributed by atoms with Crippen molar-refractivity contribution in [2.24, 2.45) is 0 Å². The van der Waals surface area contributed by atoms with Gasteiger partial charge in [-0.05, 0) is 80.9 Å². The van der Waals surface area contributed by atoms with Crippen molar-refractivity contribution in [1.29, 1.82) is 0 Å². The molecule has 0 bridgehead atoms. The largest absolute Gasteiger partial charge is 0.247 e. The normalized spacial score (nSPS) is 11.2. The summed E-state index contributed by atoms with van der Waals surface area (Å²) in [6.07, 6.45) is 0. The van der Waals surface area contributed by atoms with Gasteiger partial charge in [0.15, 0.2) is 17.5 Å². The van der Waals surface area contributed by atoms with Gasteiger partial charge in [0.2, 0.25) is 0 Å². The molecule has 0 atom stereocenters. The fourth-order valence-electron chi connectivity index (χ4n) is 8.45. The molecule has 0 unspecified atom stereocenters.